The summed E-state index contributed by atoms with van der Waals surface area (Å²) in [4.78, 5) is 46.7. The van der Waals surface area contributed by atoms with Crippen LogP contribution < -0.4 is 0 Å². The predicted octanol–water partition coefficient (Wildman–Crippen LogP) is 2.43. The highest BCUT2D eigenvalue weighted by molar-refractivity contribution is 6.21. The third-order valence-corrected chi connectivity index (χ3v) is 3.76. The number of carbonyl (C=O) groups is 4. The summed E-state index contributed by atoms with van der Waals surface area (Å²) in [6.45, 7) is 4.79. The van der Waals surface area contributed by atoms with Crippen LogP contribution in [0.2, 0.25) is 0 Å². The molecule has 26 heavy (non-hydrogen) atoms. The first-order valence-corrected chi connectivity index (χ1v) is 7.71. The van der Waals surface area contributed by atoms with E-state index in [2.05, 4.69) is 11.3 Å². The number of carbonyl (C=O) groups excluding carboxylic acids is 4. The second-order valence-corrected chi connectivity index (χ2v) is 5.65. The highest BCUT2D eigenvalue weighted by atomic mass is 16.6. The molecule has 2 aromatic rings. The van der Waals surface area contributed by atoms with Crippen molar-refractivity contribution in [2.24, 2.45) is 0 Å². The molecule has 0 N–H and O–H groups in total. The molecule has 0 radical (unpaired) electrons. The Morgan fingerprint density at radius 3 is 2.50 bits per heavy atom. The fraction of sp³-hybridized carbons (Fsp3) is 0.158. The van der Waals surface area contributed by atoms with E-state index < -0.39 is 23.9 Å². The molecule has 0 aromatic heterocycles. The molecular formula is C19H14O7. The van der Waals surface area contributed by atoms with Crippen LogP contribution in [0, 0.1) is 0 Å². The lowest BCUT2D eigenvalue weighted by atomic mass is 9.99. The van der Waals surface area contributed by atoms with Gasteiger partial charge in [-0.3, -0.25) is 0 Å². The monoisotopic (exact) mass is 354 g/mol. The van der Waals surface area contributed by atoms with Crippen molar-refractivity contribution < 1.29 is 33.4 Å². The molecule has 0 saturated carbocycles. The second-order valence-electron chi connectivity index (χ2n) is 5.65. The van der Waals surface area contributed by atoms with E-state index in [9.17, 15) is 19.2 Å². The van der Waals surface area contributed by atoms with Crippen LogP contribution >= 0.6 is 0 Å². The maximum Gasteiger partial charge on any atom is 0.347 e. The van der Waals surface area contributed by atoms with Crippen LogP contribution in [0.5, 0.6) is 0 Å². The summed E-state index contributed by atoms with van der Waals surface area (Å²) in [7, 11) is 0. The molecule has 7 nitrogen and oxygen atoms in total. The van der Waals surface area contributed by atoms with Crippen molar-refractivity contribution in [2.45, 2.75) is 6.92 Å². The molecule has 1 heterocycles. The Labute approximate surface area is 148 Å². The number of benzene rings is 2. The smallest absolute Gasteiger partial charge is 0.347 e. The summed E-state index contributed by atoms with van der Waals surface area (Å²) in [6, 6.07) is 7.71. The molecule has 0 saturated heterocycles. The topological polar surface area (TPSA) is 96.0 Å². The first-order chi connectivity index (χ1) is 12.4. The fourth-order valence-electron chi connectivity index (χ4n) is 2.51. The molecule has 132 valence electrons. The summed E-state index contributed by atoms with van der Waals surface area (Å²) >= 11 is 0. The normalized spacial score (nSPS) is 12.5. The Kier molecular flexibility index (Phi) is 4.53. The van der Waals surface area contributed by atoms with Gasteiger partial charge in [-0.05, 0) is 35.9 Å². The average Bonchev–Trinajstić information content (AvgIpc) is 2.92. The van der Waals surface area contributed by atoms with Crippen molar-refractivity contribution >= 4 is 34.6 Å². The Balaban J connectivity index is 1.73. The summed E-state index contributed by atoms with van der Waals surface area (Å²) in [5.41, 5.74) is 0.924. The highest BCUT2D eigenvalue weighted by Crippen LogP contribution is 2.29. The number of rotatable bonds is 5. The molecule has 0 amide bonds. The zero-order valence-electron chi connectivity index (χ0n) is 13.9. The second kappa shape index (κ2) is 6.79. The predicted molar refractivity (Wildman–Crippen MR) is 89.7 cm³/mol. The minimum Gasteiger partial charge on any atom is -0.459 e. The van der Waals surface area contributed by atoms with Gasteiger partial charge in [-0.1, -0.05) is 18.7 Å². The Morgan fingerprint density at radius 1 is 1.04 bits per heavy atom. The quantitative estimate of drug-likeness (QED) is 0.267. The van der Waals surface area contributed by atoms with Gasteiger partial charge in [-0.25, -0.2) is 19.2 Å². The molecule has 3 rings (SSSR count). The minimum absolute atomic E-state index is 0.0769. The number of cyclic esters (lactones) is 2. The molecule has 0 spiro atoms. The van der Waals surface area contributed by atoms with Crippen LogP contribution in [-0.2, 0) is 19.0 Å². The maximum atomic E-state index is 12.1. The number of hydrogen-bond acceptors (Lipinski definition) is 7. The van der Waals surface area contributed by atoms with E-state index >= 15 is 0 Å². The zero-order valence-corrected chi connectivity index (χ0v) is 13.9. The third kappa shape index (κ3) is 3.19. The van der Waals surface area contributed by atoms with Crippen molar-refractivity contribution in [2.75, 3.05) is 13.2 Å². The lowest BCUT2D eigenvalue weighted by molar-refractivity contribution is -0.140. The molecule has 0 unspecified atom stereocenters. The van der Waals surface area contributed by atoms with Crippen molar-refractivity contribution in [1.82, 2.24) is 0 Å². The molecule has 1 aliphatic heterocycles. The van der Waals surface area contributed by atoms with Gasteiger partial charge in [0, 0.05) is 5.57 Å². The lowest BCUT2D eigenvalue weighted by Crippen LogP contribution is -2.14. The van der Waals surface area contributed by atoms with Crippen LogP contribution in [0.25, 0.3) is 10.8 Å². The van der Waals surface area contributed by atoms with Gasteiger partial charge in [0.1, 0.15) is 13.2 Å². The Morgan fingerprint density at radius 2 is 1.77 bits per heavy atom. The SMILES string of the molecule is C=C(C)C(=O)OCCOC(=O)c1ccc2c3c(ccc2c1)C(=O)OC3=O. The van der Waals surface area contributed by atoms with Gasteiger partial charge in [0.2, 0.25) is 0 Å². The largest absolute Gasteiger partial charge is 0.459 e. The molecule has 0 atom stereocenters. The highest BCUT2D eigenvalue weighted by Gasteiger charge is 2.31. The Bertz CT molecular complexity index is 971. The summed E-state index contributed by atoms with van der Waals surface area (Å²) in [6.07, 6.45) is 0. The van der Waals surface area contributed by atoms with Gasteiger partial charge in [-0.2, -0.15) is 0 Å². The molecule has 7 heteroatoms. The number of esters is 4. The molecule has 0 fully saturated rings. The molecule has 0 aliphatic carbocycles. The Hall–Kier alpha value is -3.48. The van der Waals surface area contributed by atoms with E-state index in [1.165, 1.54) is 19.1 Å². The van der Waals surface area contributed by atoms with Gasteiger partial charge >= 0.3 is 23.9 Å². The minimum atomic E-state index is -0.703. The summed E-state index contributed by atoms with van der Waals surface area (Å²) < 4.78 is 14.5. The zero-order chi connectivity index (χ0) is 18.8. The van der Waals surface area contributed by atoms with Crippen LogP contribution in [0.3, 0.4) is 0 Å². The number of ether oxygens (including phenoxy) is 3. The van der Waals surface area contributed by atoms with Crippen molar-refractivity contribution in [1.29, 1.82) is 0 Å². The van der Waals surface area contributed by atoms with E-state index in [1.54, 1.807) is 18.2 Å². The van der Waals surface area contributed by atoms with E-state index in [-0.39, 0.29) is 35.5 Å². The van der Waals surface area contributed by atoms with Gasteiger partial charge < -0.3 is 14.2 Å². The first kappa shape index (κ1) is 17.3. The third-order valence-electron chi connectivity index (χ3n) is 3.76. The number of hydrogen-bond donors (Lipinski definition) is 0. The van der Waals surface area contributed by atoms with Gasteiger partial charge in [0.15, 0.2) is 0 Å². The van der Waals surface area contributed by atoms with Crippen LogP contribution in [-0.4, -0.2) is 37.1 Å². The standard InChI is InChI=1S/C19H14O7/c1-10(2)16(20)24-7-8-25-17(21)12-4-5-13-11(9-12)3-6-14-15(13)19(23)26-18(14)22/h3-6,9H,1,7-8H2,2H3. The fourth-order valence-corrected chi connectivity index (χ4v) is 2.51. The summed E-state index contributed by atoms with van der Waals surface area (Å²) in [5, 5.41) is 1.11. The van der Waals surface area contributed by atoms with Crippen molar-refractivity contribution in [3.05, 3.63) is 59.2 Å². The van der Waals surface area contributed by atoms with Gasteiger partial charge in [0.25, 0.3) is 0 Å². The van der Waals surface area contributed by atoms with Crippen LogP contribution in [0.15, 0.2) is 42.5 Å². The van der Waals surface area contributed by atoms with E-state index in [0.29, 0.717) is 10.8 Å². The molecule has 2 aromatic carbocycles. The van der Waals surface area contributed by atoms with Gasteiger partial charge in [0.05, 0.1) is 16.7 Å². The van der Waals surface area contributed by atoms with Crippen LogP contribution in [0.4, 0.5) is 0 Å². The number of fused-ring (bicyclic) bond motifs is 3. The molecule has 1 aliphatic rings. The maximum absolute atomic E-state index is 12.1. The van der Waals surface area contributed by atoms with Crippen molar-refractivity contribution in [3.8, 4) is 0 Å². The lowest BCUT2D eigenvalue weighted by Gasteiger charge is -2.07. The average molecular weight is 354 g/mol. The summed E-state index contributed by atoms with van der Waals surface area (Å²) in [5.74, 6) is -2.54. The van der Waals surface area contributed by atoms with Crippen molar-refractivity contribution in [3.63, 3.8) is 0 Å². The van der Waals surface area contributed by atoms with E-state index in [0.717, 1.165) is 0 Å². The van der Waals surface area contributed by atoms with E-state index in [4.69, 9.17) is 9.47 Å². The van der Waals surface area contributed by atoms with Crippen LogP contribution in [0.1, 0.15) is 38.0 Å². The van der Waals surface area contributed by atoms with E-state index in [1.807, 2.05) is 0 Å². The molecule has 0 bridgehead atoms. The molecular weight excluding hydrogens is 340 g/mol. The van der Waals surface area contributed by atoms with Gasteiger partial charge in [-0.15, -0.1) is 0 Å². The first-order valence-electron chi connectivity index (χ1n) is 7.71.